The summed E-state index contributed by atoms with van der Waals surface area (Å²) in [6.07, 6.45) is 39.8. The largest absolute Gasteiger partial charge is 0.317 e. The first-order chi connectivity index (χ1) is 15.3. The van der Waals surface area contributed by atoms with Gasteiger partial charge in [-0.05, 0) is 52.0 Å². The average Bonchev–Trinajstić information content (AvgIpc) is 2.79. The molecule has 1 N–H and O–H groups in total. The maximum Gasteiger partial charge on any atom is 0.00640 e. The Morgan fingerprint density at radius 3 is 1.35 bits per heavy atom. The molecule has 0 aliphatic rings. The summed E-state index contributed by atoms with van der Waals surface area (Å²) < 4.78 is 0. The van der Waals surface area contributed by atoms with Crippen LogP contribution in [0, 0.1) is 0 Å². The summed E-state index contributed by atoms with van der Waals surface area (Å²) in [7, 11) is 2.16. The first-order valence-corrected chi connectivity index (χ1v) is 14.3. The molecule has 1 unspecified atom stereocenters. The van der Waals surface area contributed by atoms with Crippen LogP contribution in [0.3, 0.4) is 0 Å². The second-order valence-electron chi connectivity index (χ2n) is 9.62. The van der Waals surface area contributed by atoms with Crippen LogP contribution >= 0.6 is 0 Å². The van der Waals surface area contributed by atoms with Gasteiger partial charge in [0.15, 0.2) is 0 Å². The molecular formula is C30H59N. The summed E-state index contributed by atoms with van der Waals surface area (Å²) in [6.45, 7) is 4.57. The van der Waals surface area contributed by atoms with Gasteiger partial charge in [0.05, 0.1) is 0 Å². The molecule has 0 heterocycles. The van der Waals surface area contributed by atoms with Crippen LogP contribution in [-0.4, -0.2) is 13.1 Å². The van der Waals surface area contributed by atoms with Crippen molar-refractivity contribution in [2.24, 2.45) is 0 Å². The van der Waals surface area contributed by atoms with E-state index in [1.807, 2.05) is 0 Å². The highest BCUT2D eigenvalue weighted by Crippen LogP contribution is 2.15. The number of hydrogen-bond acceptors (Lipinski definition) is 1. The van der Waals surface area contributed by atoms with Crippen molar-refractivity contribution >= 4 is 0 Å². The standard InChI is InChI=1S/C30H59N/c1-4-6-8-10-12-13-14-15-16-17-18-19-20-21-23-25-27-29-30(31-3)28-26-24-22-11-9-7-5-2/h12-13,15-16,30-31H,4-11,14,17-29H2,1-3H3. The zero-order valence-corrected chi connectivity index (χ0v) is 21.9. The summed E-state index contributed by atoms with van der Waals surface area (Å²) in [4.78, 5) is 0. The van der Waals surface area contributed by atoms with E-state index in [9.17, 15) is 0 Å². The maximum atomic E-state index is 3.56. The van der Waals surface area contributed by atoms with Crippen LogP contribution in [0.4, 0.5) is 0 Å². The van der Waals surface area contributed by atoms with E-state index in [4.69, 9.17) is 0 Å². The molecule has 0 radical (unpaired) electrons. The van der Waals surface area contributed by atoms with E-state index < -0.39 is 0 Å². The fourth-order valence-corrected chi connectivity index (χ4v) is 4.34. The third kappa shape index (κ3) is 25.6. The Morgan fingerprint density at radius 2 is 0.871 bits per heavy atom. The van der Waals surface area contributed by atoms with Gasteiger partial charge in [-0.1, -0.05) is 134 Å². The molecule has 0 amide bonds. The topological polar surface area (TPSA) is 12.0 Å². The lowest BCUT2D eigenvalue weighted by molar-refractivity contribution is 0.435. The lowest BCUT2D eigenvalue weighted by atomic mass is 10.00. The van der Waals surface area contributed by atoms with Crippen LogP contribution < -0.4 is 5.32 Å². The van der Waals surface area contributed by atoms with Gasteiger partial charge in [-0.2, -0.15) is 0 Å². The third-order valence-electron chi connectivity index (χ3n) is 6.57. The molecule has 0 aromatic heterocycles. The van der Waals surface area contributed by atoms with Gasteiger partial charge in [-0.3, -0.25) is 0 Å². The molecule has 1 heteroatoms. The zero-order chi connectivity index (χ0) is 22.7. The Labute approximate surface area is 197 Å². The molecule has 0 fully saturated rings. The van der Waals surface area contributed by atoms with Crippen LogP contribution in [0.1, 0.15) is 155 Å². The summed E-state index contributed by atoms with van der Waals surface area (Å²) in [6, 6.07) is 0.758. The minimum Gasteiger partial charge on any atom is -0.317 e. The summed E-state index contributed by atoms with van der Waals surface area (Å²) >= 11 is 0. The lowest BCUT2D eigenvalue weighted by Gasteiger charge is -2.16. The van der Waals surface area contributed by atoms with E-state index in [0.717, 1.165) is 12.5 Å². The van der Waals surface area contributed by atoms with Crippen LogP contribution in [-0.2, 0) is 0 Å². The van der Waals surface area contributed by atoms with Crippen LogP contribution in [0.15, 0.2) is 24.3 Å². The second kappa shape index (κ2) is 27.5. The monoisotopic (exact) mass is 433 g/mol. The zero-order valence-electron chi connectivity index (χ0n) is 21.9. The Kier molecular flexibility index (Phi) is 27.0. The van der Waals surface area contributed by atoms with Gasteiger partial charge in [0, 0.05) is 6.04 Å². The van der Waals surface area contributed by atoms with E-state index >= 15 is 0 Å². The SMILES string of the molecule is CCCCCC=CCC=CCCCCCCCCCC(CCCCCCCCC)NC. The van der Waals surface area contributed by atoms with Gasteiger partial charge in [0.1, 0.15) is 0 Å². The van der Waals surface area contributed by atoms with Crippen LogP contribution in [0.25, 0.3) is 0 Å². The van der Waals surface area contributed by atoms with Crippen molar-refractivity contribution in [3.63, 3.8) is 0 Å². The quantitative estimate of drug-likeness (QED) is 0.111. The van der Waals surface area contributed by atoms with Gasteiger partial charge in [0.25, 0.3) is 0 Å². The highest BCUT2D eigenvalue weighted by atomic mass is 14.9. The van der Waals surface area contributed by atoms with Crippen molar-refractivity contribution in [1.29, 1.82) is 0 Å². The minimum absolute atomic E-state index is 0.758. The van der Waals surface area contributed by atoms with Gasteiger partial charge >= 0.3 is 0 Å². The van der Waals surface area contributed by atoms with Crippen molar-refractivity contribution in [1.82, 2.24) is 5.32 Å². The van der Waals surface area contributed by atoms with Crippen molar-refractivity contribution in [3.05, 3.63) is 24.3 Å². The second-order valence-corrected chi connectivity index (χ2v) is 9.62. The Bertz CT molecular complexity index is 371. The first-order valence-electron chi connectivity index (χ1n) is 14.3. The molecule has 0 aliphatic carbocycles. The fourth-order valence-electron chi connectivity index (χ4n) is 4.34. The predicted molar refractivity (Wildman–Crippen MR) is 144 cm³/mol. The van der Waals surface area contributed by atoms with Crippen molar-refractivity contribution < 1.29 is 0 Å². The molecule has 1 nitrogen and oxygen atoms in total. The van der Waals surface area contributed by atoms with Gasteiger partial charge < -0.3 is 5.32 Å². The number of rotatable bonds is 25. The molecular weight excluding hydrogens is 374 g/mol. The van der Waals surface area contributed by atoms with E-state index in [0.29, 0.717) is 0 Å². The number of nitrogens with one attached hydrogen (secondary N) is 1. The van der Waals surface area contributed by atoms with Crippen molar-refractivity contribution in [2.45, 2.75) is 161 Å². The highest BCUT2D eigenvalue weighted by molar-refractivity contribution is 4.92. The molecule has 0 aliphatic heterocycles. The molecule has 0 bridgehead atoms. The summed E-state index contributed by atoms with van der Waals surface area (Å²) in [5.41, 5.74) is 0. The van der Waals surface area contributed by atoms with E-state index in [2.05, 4.69) is 50.5 Å². The molecule has 0 saturated heterocycles. The Balaban J connectivity index is 3.33. The molecule has 0 saturated carbocycles. The number of hydrogen-bond donors (Lipinski definition) is 1. The Morgan fingerprint density at radius 1 is 0.484 bits per heavy atom. The molecule has 31 heavy (non-hydrogen) atoms. The fraction of sp³-hybridized carbons (Fsp3) is 0.867. The lowest BCUT2D eigenvalue weighted by Crippen LogP contribution is -2.24. The van der Waals surface area contributed by atoms with Crippen molar-refractivity contribution in [3.8, 4) is 0 Å². The van der Waals surface area contributed by atoms with Crippen molar-refractivity contribution in [2.75, 3.05) is 7.05 Å². The van der Waals surface area contributed by atoms with Crippen LogP contribution in [0.5, 0.6) is 0 Å². The Hall–Kier alpha value is -0.560. The molecule has 0 aromatic carbocycles. The van der Waals surface area contributed by atoms with Crippen LogP contribution in [0.2, 0.25) is 0 Å². The minimum atomic E-state index is 0.758. The molecule has 0 spiro atoms. The normalized spacial score (nSPS) is 13.0. The number of allylic oxidation sites excluding steroid dienone is 4. The van der Waals surface area contributed by atoms with Gasteiger partial charge in [0.2, 0.25) is 0 Å². The molecule has 1 atom stereocenters. The molecule has 0 rings (SSSR count). The van der Waals surface area contributed by atoms with E-state index in [1.165, 1.54) is 135 Å². The maximum absolute atomic E-state index is 3.56. The predicted octanol–water partition coefficient (Wildman–Crippen LogP) is 10.3. The van der Waals surface area contributed by atoms with Gasteiger partial charge in [-0.25, -0.2) is 0 Å². The summed E-state index contributed by atoms with van der Waals surface area (Å²) in [5.74, 6) is 0. The van der Waals surface area contributed by atoms with E-state index in [1.54, 1.807) is 0 Å². The van der Waals surface area contributed by atoms with E-state index in [-0.39, 0.29) is 0 Å². The molecule has 0 aromatic rings. The smallest absolute Gasteiger partial charge is 0.00640 e. The third-order valence-corrected chi connectivity index (χ3v) is 6.57. The first kappa shape index (κ1) is 30.4. The average molecular weight is 434 g/mol. The van der Waals surface area contributed by atoms with Gasteiger partial charge in [-0.15, -0.1) is 0 Å². The molecule has 184 valence electrons. The summed E-state index contributed by atoms with van der Waals surface area (Å²) in [5, 5.41) is 3.56. The number of unbranched alkanes of at least 4 members (excludes halogenated alkanes) is 16. The highest BCUT2D eigenvalue weighted by Gasteiger charge is 2.05.